The molecule has 0 aliphatic heterocycles. The van der Waals surface area contributed by atoms with Gasteiger partial charge in [0.05, 0.1) is 0 Å². The predicted molar refractivity (Wildman–Crippen MR) is 243 cm³/mol. The highest BCUT2D eigenvalue weighted by atomic mass is 16.3. The van der Waals surface area contributed by atoms with E-state index in [0.717, 1.165) is 64.7 Å². The fraction of sp³-hybridized carbons (Fsp3) is 0.143. The number of fused-ring (bicyclic) bond motifs is 5. The molecular formula is C56H45NO. The molecular weight excluding hydrogens is 703 g/mol. The van der Waals surface area contributed by atoms with Gasteiger partial charge in [-0.3, -0.25) is 0 Å². The smallest absolute Gasteiger partial charge is 0.137 e. The second-order valence-corrected chi connectivity index (χ2v) is 16.1. The molecule has 58 heavy (non-hydrogen) atoms. The average molecular weight is 748 g/mol. The third-order valence-electron chi connectivity index (χ3n) is 12.7. The lowest BCUT2D eigenvalue weighted by atomic mass is 9.73. The van der Waals surface area contributed by atoms with E-state index in [1.54, 1.807) is 22.3 Å². The maximum atomic E-state index is 6.42. The number of furan rings is 1. The Hall–Kier alpha value is -6.64. The number of benzene rings is 8. The molecule has 0 amide bonds. The lowest BCUT2D eigenvalue weighted by Crippen LogP contribution is -2.15. The van der Waals surface area contributed by atoms with Gasteiger partial charge >= 0.3 is 0 Å². The first-order valence-corrected chi connectivity index (χ1v) is 21.1. The van der Waals surface area contributed by atoms with E-state index in [9.17, 15) is 0 Å². The van der Waals surface area contributed by atoms with Gasteiger partial charge in [0.2, 0.25) is 0 Å². The van der Waals surface area contributed by atoms with Crippen molar-refractivity contribution >= 4 is 39.0 Å². The molecule has 1 heterocycles. The Kier molecular flexibility index (Phi) is 8.77. The molecule has 0 spiro atoms. The summed E-state index contributed by atoms with van der Waals surface area (Å²) in [7, 11) is 0. The zero-order chi connectivity index (χ0) is 38.4. The Labute approximate surface area is 341 Å². The van der Waals surface area contributed by atoms with Crippen LogP contribution in [0.15, 0.2) is 180 Å². The molecule has 0 atom stereocenters. The van der Waals surface area contributed by atoms with Gasteiger partial charge in [0.1, 0.15) is 11.2 Å². The standard InChI is InChI=1S/C56H45NO/c1-3-13-38(14-4-1)40-23-25-42(26-24-40)55-49-18-7-9-20-51(49)56(52-21-10-8-19-50(52)55)43-29-33-45(34-30-43)57(44-31-27-41(28-32-44)39-15-5-2-6-16-39)46-35-36-48-47-17-11-12-22-53(47)58-54(48)37-46/h1-6,11-17,22-37H,7-10,18-21H2. The molecule has 0 N–H and O–H groups in total. The van der Waals surface area contributed by atoms with Crippen molar-refractivity contribution in [2.45, 2.75) is 51.4 Å². The minimum Gasteiger partial charge on any atom is -0.456 e. The first kappa shape index (κ1) is 34.6. The van der Waals surface area contributed by atoms with E-state index in [-0.39, 0.29) is 0 Å². The monoisotopic (exact) mass is 747 g/mol. The summed E-state index contributed by atoms with van der Waals surface area (Å²) in [4.78, 5) is 2.37. The Bertz CT molecular complexity index is 2870. The van der Waals surface area contributed by atoms with Crippen LogP contribution in [0.25, 0.3) is 66.4 Å². The molecule has 1 aromatic heterocycles. The van der Waals surface area contributed by atoms with E-state index in [0.29, 0.717) is 0 Å². The van der Waals surface area contributed by atoms with Crippen LogP contribution in [-0.2, 0) is 25.7 Å². The molecule has 2 aliphatic rings. The predicted octanol–water partition coefficient (Wildman–Crippen LogP) is 15.5. The van der Waals surface area contributed by atoms with E-state index >= 15 is 0 Å². The van der Waals surface area contributed by atoms with Gasteiger partial charge in [-0.1, -0.05) is 127 Å². The Balaban J connectivity index is 1.02. The van der Waals surface area contributed by atoms with Crippen LogP contribution in [0, 0.1) is 0 Å². The van der Waals surface area contributed by atoms with Gasteiger partial charge in [-0.2, -0.15) is 0 Å². The van der Waals surface area contributed by atoms with Crippen LogP contribution in [-0.4, -0.2) is 0 Å². The van der Waals surface area contributed by atoms with Crippen LogP contribution in [0.3, 0.4) is 0 Å². The topological polar surface area (TPSA) is 16.4 Å². The van der Waals surface area contributed by atoms with Crippen LogP contribution in [0.1, 0.15) is 47.9 Å². The molecule has 2 heteroatoms. The molecule has 2 aliphatic carbocycles. The van der Waals surface area contributed by atoms with E-state index in [2.05, 4.69) is 175 Å². The molecule has 0 fully saturated rings. The molecule has 9 aromatic rings. The number of rotatable bonds is 7. The van der Waals surface area contributed by atoms with E-state index in [1.807, 2.05) is 6.07 Å². The first-order chi connectivity index (χ1) is 28.8. The SMILES string of the molecule is c1ccc(-c2ccc(-c3c4c(c(-c5ccc(N(c6ccc(-c7ccccc7)cc6)c6ccc7c(c6)oc6ccccc67)cc5)c5c3CCCC5)CCCC4)cc2)cc1. The highest BCUT2D eigenvalue weighted by molar-refractivity contribution is 6.06. The summed E-state index contributed by atoms with van der Waals surface area (Å²) in [6.45, 7) is 0. The molecule has 11 rings (SSSR count). The molecule has 0 radical (unpaired) electrons. The lowest BCUT2D eigenvalue weighted by molar-refractivity contribution is 0.662. The summed E-state index contributed by atoms with van der Waals surface area (Å²) in [5.41, 5.74) is 22.3. The second kappa shape index (κ2) is 14.7. The maximum absolute atomic E-state index is 6.42. The minimum atomic E-state index is 0.897. The van der Waals surface area contributed by atoms with Crippen molar-refractivity contribution in [3.8, 4) is 44.5 Å². The van der Waals surface area contributed by atoms with Gasteiger partial charge in [-0.05, 0) is 161 Å². The van der Waals surface area contributed by atoms with Crippen molar-refractivity contribution < 1.29 is 4.42 Å². The number of hydrogen-bond acceptors (Lipinski definition) is 2. The number of anilines is 3. The van der Waals surface area contributed by atoms with Crippen LogP contribution in [0.5, 0.6) is 0 Å². The highest BCUT2D eigenvalue weighted by Crippen LogP contribution is 2.47. The van der Waals surface area contributed by atoms with Crippen LogP contribution < -0.4 is 4.90 Å². The molecule has 0 saturated carbocycles. The van der Waals surface area contributed by atoms with Gasteiger partial charge in [0.15, 0.2) is 0 Å². The number of para-hydroxylation sites is 1. The zero-order valence-electron chi connectivity index (χ0n) is 32.8. The van der Waals surface area contributed by atoms with E-state index < -0.39 is 0 Å². The molecule has 0 unspecified atom stereocenters. The van der Waals surface area contributed by atoms with Gasteiger partial charge in [-0.15, -0.1) is 0 Å². The van der Waals surface area contributed by atoms with Gasteiger partial charge in [-0.25, -0.2) is 0 Å². The van der Waals surface area contributed by atoms with Crippen LogP contribution in [0.2, 0.25) is 0 Å². The van der Waals surface area contributed by atoms with Gasteiger partial charge < -0.3 is 9.32 Å². The number of hydrogen-bond donors (Lipinski definition) is 0. The average Bonchev–Trinajstić information content (AvgIpc) is 3.67. The summed E-state index contributed by atoms with van der Waals surface area (Å²) in [5, 5.41) is 2.29. The fourth-order valence-electron chi connectivity index (χ4n) is 9.95. The lowest BCUT2D eigenvalue weighted by Gasteiger charge is -2.32. The molecule has 8 aromatic carbocycles. The van der Waals surface area contributed by atoms with Crippen molar-refractivity contribution in [3.05, 3.63) is 198 Å². The quantitative estimate of drug-likeness (QED) is 0.161. The summed E-state index contributed by atoms with van der Waals surface area (Å²) in [6.07, 6.45) is 9.61. The molecule has 280 valence electrons. The Morgan fingerprint density at radius 3 is 1.21 bits per heavy atom. The summed E-state index contributed by atoms with van der Waals surface area (Å²) in [6, 6.07) is 64.2. The van der Waals surface area contributed by atoms with Gasteiger partial charge in [0.25, 0.3) is 0 Å². The van der Waals surface area contributed by atoms with Crippen molar-refractivity contribution in [1.82, 2.24) is 0 Å². The van der Waals surface area contributed by atoms with Crippen molar-refractivity contribution in [3.63, 3.8) is 0 Å². The van der Waals surface area contributed by atoms with Crippen molar-refractivity contribution in [1.29, 1.82) is 0 Å². The van der Waals surface area contributed by atoms with E-state index in [4.69, 9.17) is 4.42 Å². The first-order valence-electron chi connectivity index (χ1n) is 21.1. The Morgan fingerprint density at radius 1 is 0.310 bits per heavy atom. The molecule has 0 saturated heterocycles. The number of nitrogens with zero attached hydrogens (tertiary/aromatic N) is 1. The van der Waals surface area contributed by atoms with Crippen LogP contribution >= 0.6 is 0 Å². The minimum absolute atomic E-state index is 0.897. The normalized spacial score (nSPS) is 13.7. The highest BCUT2D eigenvalue weighted by Gasteiger charge is 2.28. The molecule has 2 nitrogen and oxygen atoms in total. The van der Waals surface area contributed by atoms with E-state index in [1.165, 1.54) is 70.2 Å². The summed E-state index contributed by atoms with van der Waals surface area (Å²) < 4.78 is 6.42. The van der Waals surface area contributed by atoms with Gasteiger partial charge in [0, 0.05) is 33.9 Å². The maximum Gasteiger partial charge on any atom is 0.137 e. The van der Waals surface area contributed by atoms with Crippen molar-refractivity contribution in [2.75, 3.05) is 4.90 Å². The third-order valence-corrected chi connectivity index (χ3v) is 12.7. The molecule has 0 bridgehead atoms. The van der Waals surface area contributed by atoms with Crippen molar-refractivity contribution in [2.24, 2.45) is 0 Å². The fourth-order valence-corrected chi connectivity index (χ4v) is 9.95. The Morgan fingerprint density at radius 2 is 0.690 bits per heavy atom. The third kappa shape index (κ3) is 6.12. The zero-order valence-corrected chi connectivity index (χ0v) is 32.8. The second-order valence-electron chi connectivity index (χ2n) is 16.1. The summed E-state index contributed by atoms with van der Waals surface area (Å²) in [5.74, 6) is 0. The van der Waals surface area contributed by atoms with Crippen LogP contribution in [0.4, 0.5) is 17.1 Å². The summed E-state index contributed by atoms with van der Waals surface area (Å²) >= 11 is 0. The largest absolute Gasteiger partial charge is 0.456 e.